The lowest BCUT2D eigenvalue weighted by molar-refractivity contribution is 0.873. The second-order valence-corrected chi connectivity index (χ2v) is 5.96. The Bertz CT molecular complexity index is 811. The molecule has 0 atom stereocenters. The third-order valence-corrected chi connectivity index (χ3v) is 3.76. The van der Waals surface area contributed by atoms with Gasteiger partial charge in [-0.3, -0.25) is 0 Å². The number of para-hydroxylation sites is 1. The number of aromatic nitrogens is 3. The van der Waals surface area contributed by atoms with Crippen LogP contribution >= 0.6 is 0 Å². The van der Waals surface area contributed by atoms with Crippen LogP contribution in [0.25, 0.3) is 10.9 Å². The van der Waals surface area contributed by atoms with E-state index in [1.807, 2.05) is 56.6 Å². The summed E-state index contributed by atoms with van der Waals surface area (Å²) in [6, 6.07) is 10.4. The summed E-state index contributed by atoms with van der Waals surface area (Å²) < 4.78 is 0. The first kappa shape index (κ1) is 15.2. The van der Waals surface area contributed by atoms with Crippen molar-refractivity contribution in [3.8, 4) is 0 Å². The van der Waals surface area contributed by atoms with Gasteiger partial charge < -0.3 is 9.80 Å². The normalized spacial score (nSPS) is 10.8. The van der Waals surface area contributed by atoms with Gasteiger partial charge in [0, 0.05) is 51.0 Å². The van der Waals surface area contributed by atoms with E-state index >= 15 is 0 Å². The zero-order valence-corrected chi connectivity index (χ0v) is 14.0. The number of aryl methyl sites for hydroxylation is 1. The van der Waals surface area contributed by atoms with Gasteiger partial charge in [-0.2, -0.15) is 0 Å². The topological polar surface area (TPSA) is 45.2 Å². The Kier molecular flexibility index (Phi) is 4.10. The molecule has 0 aliphatic rings. The molecule has 0 unspecified atom stereocenters. The average Bonchev–Trinajstić information content (AvgIpc) is 2.54. The molecule has 5 heteroatoms. The lowest BCUT2D eigenvalue weighted by atomic mass is 10.1. The zero-order valence-electron chi connectivity index (χ0n) is 14.0. The van der Waals surface area contributed by atoms with Crippen LogP contribution in [-0.4, -0.2) is 36.1 Å². The van der Waals surface area contributed by atoms with Gasteiger partial charge in [-0.25, -0.2) is 15.0 Å². The van der Waals surface area contributed by atoms with Gasteiger partial charge in [-0.15, -0.1) is 0 Å². The highest BCUT2D eigenvalue weighted by atomic mass is 15.2. The highest BCUT2D eigenvalue weighted by Gasteiger charge is 2.10. The van der Waals surface area contributed by atoms with Crippen LogP contribution in [0.4, 0.5) is 11.8 Å². The maximum atomic E-state index is 4.79. The Morgan fingerprint density at radius 1 is 1.00 bits per heavy atom. The van der Waals surface area contributed by atoms with Crippen molar-refractivity contribution in [1.29, 1.82) is 0 Å². The number of hydrogen-bond acceptors (Lipinski definition) is 5. The molecule has 0 aliphatic carbocycles. The van der Waals surface area contributed by atoms with Gasteiger partial charge in [0.25, 0.3) is 0 Å². The molecule has 0 bridgehead atoms. The fraction of sp³-hybridized carbons (Fsp3) is 0.278. The lowest BCUT2D eigenvalue weighted by Gasteiger charge is -2.21. The summed E-state index contributed by atoms with van der Waals surface area (Å²) in [5.74, 6) is 1.71. The van der Waals surface area contributed by atoms with Crippen LogP contribution in [-0.2, 0) is 6.54 Å². The Hall–Kier alpha value is -2.69. The van der Waals surface area contributed by atoms with Crippen LogP contribution in [0, 0.1) is 6.92 Å². The molecule has 118 valence electrons. The first-order valence-corrected chi connectivity index (χ1v) is 7.60. The highest BCUT2D eigenvalue weighted by molar-refractivity contribution is 5.81. The summed E-state index contributed by atoms with van der Waals surface area (Å²) >= 11 is 0. The van der Waals surface area contributed by atoms with Crippen LogP contribution < -0.4 is 9.80 Å². The molecule has 2 aromatic heterocycles. The molecule has 3 rings (SSSR count). The van der Waals surface area contributed by atoms with Crippen LogP contribution in [0.15, 0.2) is 42.7 Å². The largest absolute Gasteiger partial charge is 0.355 e. The predicted octanol–water partition coefficient (Wildman–Crippen LogP) is 3.04. The molecule has 0 saturated carbocycles. The number of fused-ring (bicyclic) bond motifs is 1. The number of rotatable bonds is 4. The fourth-order valence-electron chi connectivity index (χ4n) is 2.61. The minimum atomic E-state index is 0.719. The molecular weight excluding hydrogens is 286 g/mol. The summed E-state index contributed by atoms with van der Waals surface area (Å²) in [5, 5.41) is 1.17. The van der Waals surface area contributed by atoms with Crippen molar-refractivity contribution in [3.05, 3.63) is 53.9 Å². The zero-order chi connectivity index (χ0) is 16.4. The fourth-order valence-corrected chi connectivity index (χ4v) is 2.61. The SMILES string of the molecule is Cc1cc2ccccc2nc1N(C)Cc1cnc(N(C)C)nc1. The van der Waals surface area contributed by atoms with E-state index in [9.17, 15) is 0 Å². The first-order chi connectivity index (χ1) is 11.0. The second-order valence-electron chi connectivity index (χ2n) is 5.96. The Labute approximate surface area is 136 Å². The van der Waals surface area contributed by atoms with E-state index in [1.54, 1.807) is 0 Å². The van der Waals surface area contributed by atoms with Gasteiger partial charge >= 0.3 is 0 Å². The second kappa shape index (κ2) is 6.20. The third-order valence-electron chi connectivity index (χ3n) is 3.76. The van der Waals surface area contributed by atoms with Crippen LogP contribution in [0.5, 0.6) is 0 Å². The van der Waals surface area contributed by atoms with Crippen molar-refractivity contribution in [1.82, 2.24) is 15.0 Å². The molecule has 0 N–H and O–H groups in total. The summed E-state index contributed by atoms with van der Waals surface area (Å²) in [6.07, 6.45) is 3.74. The summed E-state index contributed by atoms with van der Waals surface area (Å²) in [5.41, 5.74) is 3.24. The lowest BCUT2D eigenvalue weighted by Crippen LogP contribution is -2.20. The van der Waals surface area contributed by atoms with Crippen LogP contribution in [0.1, 0.15) is 11.1 Å². The van der Waals surface area contributed by atoms with Crippen molar-refractivity contribution in [3.63, 3.8) is 0 Å². The van der Waals surface area contributed by atoms with Crippen molar-refractivity contribution in [2.24, 2.45) is 0 Å². The Morgan fingerprint density at radius 3 is 2.39 bits per heavy atom. The van der Waals surface area contributed by atoms with E-state index in [-0.39, 0.29) is 0 Å². The summed E-state index contributed by atoms with van der Waals surface area (Å²) in [6.45, 7) is 2.82. The molecule has 0 saturated heterocycles. The minimum absolute atomic E-state index is 0.719. The van der Waals surface area contributed by atoms with Crippen LogP contribution in [0.2, 0.25) is 0 Å². The molecule has 3 aromatic rings. The van der Waals surface area contributed by atoms with E-state index in [2.05, 4.69) is 33.9 Å². The van der Waals surface area contributed by atoms with Gasteiger partial charge in [0.2, 0.25) is 5.95 Å². The molecule has 0 fully saturated rings. The predicted molar refractivity (Wildman–Crippen MR) is 94.9 cm³/mol. The number of benzene rings is 1. The minimum Gasteiger partial charge on any atom is -0.355 e. The van der Waals surface area contributed by atoms with Crippen molar-refractivity contribution < 1.29 is 0 Å². The molecular formula is C18H21N5. The number of nitrogens with zero attached hydrogens (tertiary/aromatic N) is 5. The summed E-state index contributed by atoms with van der Waals surface area (Å²) in [4.78, 5) is 17.5. The third kappa shape index (κ3) is 3.23. The smallest absolute Gasteiger partial charge is 0.224 e. The first-order valence-electron chi connectivity index (χ1n) is 7.60. The number of pyridine rings is 1. The van der Waals surface area contributed by atoms with E-state index in [1.165, 1.54) is 5.39 Å². The molecule has 0 amide bonds. The molecule has 0 radical (unpaired) electrons. The Morgan fingerprint density at radius 2 is 1.70 bits per heavy atom. The van der Waals surface area contributed by atoms with Crippen molar-refractivity contribution in [2.45, 2.75) is 13.5 Å². The van der Waals surface area contributed by atoms with Gasteiger partial charge in [0.15, 0.2) is 0 Å². The van der Waals surface area contributed by atoms with Gasteiger partial charge in [0.05, 0.1) is 5.52 Å². The van der Waals surface area contributed by atoms with E-state index in [0.717, 1.165) is 35.0 Å². The van der Waals surface area contributed by atoms with Gasteiger partial charge in [-0.1, -0.05) is 18.2 Å². The van der Waals surface area contributed by atoms with E-state index in [0.29, 0.717) is 0 Å². The van der Waals surface area contributed by atoms with Crippen molar-refractivity contribution in [2.75, 3.05) is 30.9 Å². The quantitative estimate of drug-likeness (QED) is 0.741. The van der Waals surface area contributed by atoms with E-state index in [4.69, 9.17) is 4.98 Å². The monoisotopic (exact) mass is 307 g/mol. The number of hydrogen-bond donors (Lipinski definition) is 0. The Balaban J connectivity index is 1.85. The molecule has 2 heterocycles. The van der Waals surface area contributed by atoms with Gasteiger partial charge in [0.1, 0.15) is 5.82 Å². The van der Waals surface area contributed by atoms with E-state index < -0.39 is 0 Å². The highest BCUT2D eigenvalue weighted by Crippen LogP contribution is 2.23. The van der Waals surface area contributed by atoms with Gasteiger partial charge in [-0.05, 0) is 24.6 Å². The standard InChI is InChI=1S/C18H21N5/c1-13-9-15-7-5-6-8-16(15)21-17(13)23(4)12-14-10-19-18(20-11-14)22(2)3/h5-11H,12H2,1-4H3. The maximum absolute atomic E-state index is 4.79. The molecule has 0 aliphatic heterocycles. The number of anilines is 2. The summed E-state index contributed by atoms with van der Waals surface area (Å²) in [7, 11) is 5.91. The molecule has 1 aromatic carbocycles. The molecule has 23 heavy (non-hydrogen) atoms. The molecule has 0 spiro atoms. The van der Waals surface area contributed by atoms with Crippen molar-refractivity contribution >= 4 is 22.7 Å². The average molecular weight is 307 g/mol. The van der Waals surface area contributed by atoms with Crippen LogP contribution in [0.3, 0.4) is 0 Å². The molecule has 5 nitrogen and oxygen atoms in total. The maximum Gasteiger partial charge on any atom is 0.224 e.